The number of azo groups is 1. The fourth-order valence-electron chi connectivity index (χ4n) is 1.000. The van der Waals surface area contributed by atoms with E-state index in [0.717, 1.165) is 0 Å². The molecule has 1 aromatic heterocycles. The van der Waals surface area contributed by atoms with E-state index < -0.39 is 5.97 Å². The van der Waals surface area contributed by atoms with Crippen molar-refractivity contribution < 1.29 is 14.6 Å². The van der Waals surface area contributed by atoms with Gasteiger partial charge in [0.05, 0.1) is 18.7 Å². The zero-order valence-electron chi connectivity index (χ0n) is 9.71. The average molecular weight is 270 g/mol. The molecular formula is C11H12ClN3O3. The molecule has 0 saturated carbocycles. The summed E-state index contributed by atoms with van der Waals surface area (Å²) in [6, 6.07) is 3.32. The molecule has 18 heavy (non-hydrogen) atoms. The minimum Gasteiger partial charge on any atom is -0.508 e. The predicted octanol–water partition coefficient (Wildman–Crippen LogP) is 2.74. The first-order chi connectivity index (χ1) is 8.69. The molecule has 0 aromatic carbocycles. The van der Waals surface area contributed by atoms with Gasteiger partial charge in [-0.15, -0.1) is 21.8 Å². The fourth-order valence-corrected chi connectivity index (χ4v) is 1.13. The number of rotatable bonds is 5. The number of aliphatic hydroxyl groups excluding tert-OH is 1. The van der Waals surface area contributed by atoms with Crippen LogP contribution < -0.4 is 0 Å². The van der Waals surface area contributed by atoms with Crippen LogP contribution in [0.2, 0.25) is 0 Å². The highest BCUT2D eigenvalue weighted by atomic mass is 35.5. The van der Waals surface area contributed by atoms with Crippen LogP contribution in [0, 0.1) is 0 Å². The Bertz CT molecular complexity index is 460. The van der Waals surface area contributed by atoms with Crippen LogP contribution in [0.5, 0.6) is 0 Å². The number of alkyl halides is 1. The van der Waals surface area contributed by atoms with E-state index in [1.54, 1.807) is 25.3 Å². The molecule has 0 fully saturated rings. The monoisotopic (exact) mass is 269 g/mol. The van der Waals surface area contributed by atoms with Gasteiger partial charge in [-0.1, -0.05) is 0 Å². The van der Waals surface area contributed by atoms with Crippen molar-refractivity contribution in [2.75, 3.05) is 12.5 Å². The number of esters is 1. The molecule has 6 nitrogen and oxygen atoms in total. The highest BCUT2D eigenvalue weighted by Crippen LogP contribution is 2.14. The van der Waals surface area contributed by atoms with Gasteiger partial charge in [-0.25, -0.2) is 4.79 Å². The van der Waals surface area contributed by atoms with Crippen LogP contribution in [-0.2, 0) is 9.53 Å². The summed E-state index contributed by atoms with van der Waals surface area (Å²) in [7, 11) is 0. The molecule has 0 saturated heterocycles. The number of nitrogens with zero attached hydrogens (tertiary/aromatic N) is 3. The molecule has 7 heteroatoms. The zero-order chi connectivity index (χ0) is 13.4. The van der Waals surface area contributed by atoms with Gasteiger partial charge in [0.2, 0.25) is 5.70 Å². The lowest BCUT2D eigenvalue weighted by molar-refractivity contribution is -0.138. The fraction of sp³-hybridized carbons (Fsp3) is 0.273. The van der Waals surface area contributed by atoms with Gasteiger partial charge in [-0.05, 0) is 19.1 Å². The molecule has 0 aliphatic rings. The molecule has 0 aliphatic heterocycles. The number of hydrogen-bond acceptors (Lipinski definition) is 6. The number of carbonyl (C=O) groups is 1. The van der Waals surface area contributed by atoms with Crippen LogP contribution in [0.15, 0.2) is 46.2 Å². The third-order valence-electron chi connectivity index (χ3n) is 1.78. The molecule has 96 valence electrons. The summed E-state index contributed by atoms with van der Waals surface area (Å²) >= 11 is 5.44. The largest absolute Gasteiger partial charge is 0.508 e. The maximum Gasteiger partial charge on any atom is 0.362 e. The van der Waals surface area contributed by atoms with Crippen LogP contribution >= 0.6 is 11.6 Å². The molecule has 0 aliphatic carbocycles. The van der Waals surface area contributed by atoms with Crippen LogP contribution in [-0.4, -0.2) is 28.5 Å². The predicted molar refractivity (Wildman–Crippen MR) is 65.8 cm³/mol. The second kappa shape index (κ2) is 7.39. The van der Waals surface area contributed by atoms with Gasteiger partial charge in [0, 0.05) is 6.20 Å². The number of hydrogen-bond donors (Lipinski definition) is 1. The summed E-state index contributed by atoms with van der Waals surface area (Å²) in [5.41, 5.74) is 0.136. The molecule has 1 aromatic rings. The number of carbonyl (C=O) groups excluding carboxylic acids is 1. The van der Waals surface area contributed by atoms with E-state index in [0.29, 0.717) is 5.69 Å². The molecule has 1 rings (SSSR count). The smallest absolute Gasteiger partial charge is 0.362 e. The topological polar surface area (TPSA) is 84.1 Å². The Morgan fingerprint density at radius 1 is 1.61 bits per heavy atom. The molecule has 0 spiro atoms. The highest BCUT2D eigenvalue weighted by Gasteiger charge is 2.15. The summed E-state index contributed by atoms with van der Waals surface area (Å²) in [6.45, 7) is 1.81. The lowest BCUT2D eigenvalue weighted by Crippen LogP contribution is -2.09. The number of halogens is 1. The highest BCUT2D eigenvalue weighted by molar-refractivity contribution is 6.19. The van der Waals surface area contributed by atoms with Crippen LogP contribution in [0.4, 0.5) is 5.69 Å². The van der Waals surface area contributed by atoms with Crippen LogP contribution in [0.1, 0.15) is 6.92 Å². The van der Waals surface area contributed by atoms with Crippen molar-refractivity contribution >= 4 is 23.3 Å². The lowest BCUT2D eigenvalue weighted by Gasteiger charge is -2.02. The van der Waals surface area contributed by atoms with E-state index in [9.17, 15) is 9.90 Å². The van der Waals surface area contributed by atoms with Gasteiger partial charge in [0.15, 0.2) is 0 Å². The van der Waals surface area contributed by atoms with Crippen molar-refractivity contribution in [3.05, 3.63) is 36.0 Å². The third-order valence-corrected chi connectivity index (χ3v) is 2.03. The van der Waals surface area contributed by atoms with Crippen LogP contribution in [0.3, 0.4) is 0 Å². The summed E-state index contributed by atoms with van der Waals surface area (Å²) in [6.07, 6.45) is 3.04. The first-order valence-corrected chi connectivity index (χ1v) is 5.69. The van der Waals surface area contributed by atoms with Crippen molar-refractivity contribution in [1.29, 1.82) is 0 Å². The third kappa shape index (κ3) is 4.14. The van der Waals surface area contributed by atoms with Gasteiger partial charge in [-0.3, -0.25) is 4.98 Å². The van der Waals surface area contributed by atoms with Crippen molar-refractivity contribution in [3.8, 4) is 0 Å². The molecule has 0 atom stereocenters. The van der Waals surface area contributed by atoms with E-state index in [-0.39, 0.29) is 23.9 Å². The molecule has 0 amide bonds. The zero-order valence-corrected chi connectivity index (χ0v) is 10.5. The summed E-state index contributed by atoms with van der Waals surface area (Å²) in [5.74, 6) is -1.41. The van der Waals surface area contributed by atoms with E-state index in [1.807, 2.05) is 0 Å². The number of allylic oxidation sites excluding steroid dienone is 1. The molecular weight excluding hydrogens is 258 g/mol. The molecule has 0 bridgehead atoms. The Hall–Kier alpha value is -1.95. The standard InChI is InChI=1S/C11H12ClN3O3/c1-2-18-11(17)10(9(16)6-12)15-14-8-4-3-5-13-7-8/h3-5,7,16H,2,6H2,1H3. The number of aliphatic hydroxyl groups is 1. The second-order valence-corrected chi connectivity index (χ2v) is 3.33. The lowest BCUT2D eigenvalue weighted by atomic mass is 10.4. The second-order valence-electron chi connectivity index (χ2n) is 3.06. The van der Waals surface area contributed by atoms with Gasteiger partial charge >= 0.3 is 5.97 Å². The van der Waals surface area contributed by atoms with Crippen LogP contribution in [0.25, 0.3) is 0 Å². The first kappa shape index (κ1) is 14.1. The van der Waals surface area contributed by atoms with Crippen molar-refractivity contribution in [3.63, 3.8) is 0 Å². The first-order valence-electron chi connectivity index (χ1n) is 5.16. The summed E-state index contributed by atoms with van der Waals surface area (Å²) in [4.78, 5) is 15.3. The summed E-state index contributed by atoms with van der Waals surface area (Å²) in [5, 5.41) is 16.9. The quantitative estimate of drug-likeness (QED) is 0.293. The minimum absolute atomic E-state index is 0.167. The number of aromatic nitrogens is 1. The number of pyridine rings is 1. The molecule has 0 radical (unpaired) electrons. The van der Waals surface area contributed by atoms with Crippen molar-refractivity contribution in [1.82, 2.24) is 4.98 Å². The Morgan fingerprint density at radius 3 is 2.94 bits per heavy atom. The van der Waals surface area contributed by atoms with Crippen molar-refractivity contribution in [2.45, 2.75) is 6.92 Å². The van der Waals surface area contributed by atoms with Crippen molar-refractivity contribution in [2.24, 2.45) is 10.2 Å². The van der Waals surface area contributed by atoms with E-state index in [4.69, 9.17) is 16.3 Å². The SMILES string of the molecule is CCOC(=O)C(N=Nc1cccnc1)=C(O)CCl. The van der Waals surface area contributed by atoms with Gasteiger partial charge in [0.1, 0.15) is 11.4 Å². The normalized spacial score (nSPS) is 12.3. The van der Waals surface area contributed by atoms with Gasteiger partial charge < -0.3 is 9.84 Å². The Labute approximate surface area is 109 Å². The Balaban J connectivity index is 2.93. The van der Waals surface area contributed by atoms with E-state index in [1.165, 1.54) is 6.20 Å². The Morgan fingerprint density at radius 2 is 2.39 bits per heavy atom. The van der Waals surface area contributed by atoms with Gasteiger partial charge in [-0.2, -0.15) is 0 Å². The van der Waals surface area contributed by atoms with E-state index >= 15 is 0 Å². The molecule has 0 unspecified atom stereocenters. The maximum atomic E-state index is 11.5. The molecule has 1 N–H and O–H groups in total. The Kier molecular flexibility index (Phi) is 5.79. The van der Waals surface area contributed by atoms with E-state index in [2.05, 4.69) is 15.2 Å². The summed E-state index contributed by atoms with van der Waals surface area (Å²) < 4.78 is 4.73. The van der Waals surface area contributed by atoms with Gasteiger partial charge in [0.25, 0.3) is 0 Å². The average Bonchev–Trinajstić information content (AvgIpc) is 2.40. The molecule has 1 heterocycles. The number of ether oxygens (including phenoxy) is 1. The minimum atomic E-state index is -0.775. The maximum absolute atomic E-state index is 11.5.